The first kappa shape index (κ1) is 63.8. The third-order valence-electron chi connectivity index (χ3n) is 11.4. The molecule has 0 bridgehead atoms. The number of ether oxygens (including phenoxy) is 3. The highest BCUT2D eigenvalue weighted by molar-refractivity contribution is 5.71. The van der Waals surface area contributed by atoms with Crippen molar-refractivity contribution in [2.75, 3.05) is 13.2 Å². The van der Waals surface area contributed by atoms with E-state index < -0.39 is 6.10 Å². The monoisotopic (exact) mass is 941 g/mol. The van der Waals surface area contributed by atoms with Crippen LogP contribution in [0.4, 0.5) is 0 Å². The summed E-state index contributed by atoms with van der Waals surface area (Å²) in [6.45, 7) is 6.38. The van der Waals surface area contributed by atoms with Gasteiger partial charge in [-0.05, 0) is 77.0 Å². The van der Waals surface area contributed by atoms with Crippen LogP contribution in [-0.4, -0.2) is 37.2 Å². The maximum Gasteiger partial charge on any atom is 0.306 e. The van der Waals surface area contributed by atoms with Gasteiger partial charge in [0, 0.05) is 19.3 Å². The highest BCUT2D eigenvalue weighted by Crippen LogP contribution is 2.15. The quantitative estimate of drug-likeness (QED) is 0.0199. The Kier molecular flexibility index (Phi) is 52.0. The fraction of sp³-hybridized carbons (Fsp3) is 0.629. The van der Waals surface area contributed by atoms with Crippen LogP contribution >= 0.6 is 0 Å². The molecule has 1 unspecified atom stereocenters. The number of esters is 3. The molecule has 1 atom stereocenters. The fourth-order valence-corrected chi connectivity index (χ4v) is 7.23. The molecule has 6 heteroatoms. The first-order chi connectivity index (χ1) is 33.5. The maximum absolute atomic E-state index is 12.8. The van der Waals surface area contributed by atoms with Gasteiger partial charge in [-0.3, -0.25) is 14.4 Å². The minimum absolute atomic E-state index is 0.116. The Balaban J connectivity index is 4.57. The van der Waals surface area contributed by atoms with E-state index in [1.165, 1.54) is 109 Å². The summed E-state index contributed by atoms with van der Waals surface area (Å²) in [7, 11) is 0. The fourth-order valence-electron chi connectivity index (χ4n) is 7.23. The van der Waals surface area contributed by atoms with E-state index in [0.29, 0.717) is 19.3 Å². The molecule has 0 saturated carbocycles. The van der Waals surface area contributed by atoms with Crippen molar-refractivity contribution in [3.63, 3.8) is 0 Å². The zero-order chi connectivity index (χ0) is 49.3. The minimum atomic E-state index is -0.827. The number of carbonyl (C=O) groups is 3. The minimum Gasteiger partial charge on any atom is -0.462 e. The Hall–Kier alpha value is -4.19. The van der Waals surface area contributed by atoms with Gasteiger partial charge in [0.1, 0.15) is 13.2 Å². The number of hydrogen-bond donors (Lipinski definition) is 0. The Morgan fingerprint density at radius 3 is 1.10 bits per heavy atom. The van der Waals surface area contributed by atoms with Crippen LogP contribution in [0.1, 0.15) is 233 Å². The second-order valence-electron chi connectivity index (χ2n) is 17.9. The number of unbranched alkanes of at least 4 members (excludes halogenated alkanes) is 22. The van der Waals surface area contributed by atoms with Gasteiger partial charge >= 0.3 is 17.9 Å². The largest absolute Gasteiger partial charge is 0.462 e. The lowest BCUT2D eigenvalue weighted by molar-refractivity contribution is -0.167. The Morgan fingerprint density at radius 2 is 0.647 bits per heavy atom. The molecule has 0 rings (SSSR count). The maximum atomic E-state index is 12.8. The van der Waals surface area contributed by atoms with Gasteiger partial charge in [-0.2, -0.15) is 0 Å². The average Bonchev–Trinajstić information content (AvgIpc) is 3.34. The summed E-state index contributed by atoms with van der Waals surface area (Å²) in [5, 5.41) is 0. The molecule has 0 heterocycles. The normalized spacial score (nSPS) is 13.0. The van der Waals surface area contributed by atoms with Crippen molar-refractivity contribution in [1.82, 2.24) is 0 Å². The summed E-state index contributed by atoms with van der Waals surface area (Å²) < 4.78 is 16.8. The van der Waals surface area contributed by atoms with E-state index in [4.69, 9.17) is 14.2 Å². The number of rotatable bonds is 48. The molecule has 0 radical (unpaired) electrons. The molecule has 0 amide bonds. The van der Waals surface area contributed by atoms with Crippen LogP contribution < -0.4 is 0 Å². The van der Waals surface area contributed by atoms with Crippen molar-refractivity contribution in [2.45, 2.75) is 239 Å². The molecule has 0 aromatic heterocycles. The van der Waals surface area contributed by atoms with Gasteiger partial charge in [-0.15, -0.1) is 0 Å². The van der Waals surface area contributed by atoms with E-state index >= 15 is 0 Å². The van der Waals surface area contributed by atoms with E-state index in [0.717, 1.165) is 77.0 Å². The molecule has 0 aliphatic rings. The molecule has 68 heavy (non-hydrogen) atoms. The summed E-state index contributed by atoms with van der Waals surface area (Å²) in [5.74, 6) is -1.02. The molecular weight excluding hydrogens is 841 g/mol. The molecule has 0 aliphatic heterocycles. The lowest BCUT2D eigenvalue weighted by Gasteiger charge is -2.18. The zero-order valence-corrected chi connectivity index (χ0v) is 43.8. The van der Waals surface area contributed by atoms with Crippen LogP contribution in [0.25, 0.3) is 0 Å². The predicted molar refractivity (Wildman–Crippen MR) is 293 cm³/mol. The van der Waals surface area contributed by atoms with Gasteiger partial charge < -0.3 is 14.2 Å². The number of allylic oxidation sites excluding steroid dienone is 20. The second kappa shape index (κ2) is 55.4. The van der Waals surface area contributed by atoms with Crippen molar-refractivity contribution in [3.05, 3.63) is 122 Å². The second-order valence-corrected chi connectivity index (χ2v) is 17.9. The van der Waals surface area contributed by atoms with E-state index in [2.05, 4.69) is 81.5 Å². The topological polar surface area (TPSA) is 78.9 Å². The molecule has 0 spiro atoms. The van der Waals surface area contributed by atoms with Gasteiger partial charge in [0.25, 0.3) is 0 Å². The molecule has 384 valence electrons. The first-order valence-corrected chi connectivity index (χ1v) is 27.6. The lowest BCUT2D eigenvalue weighted by Crippen LogP contribution is -2.30. The van der Waals surface area contributed by atoms with Crippen LogP contribution in [0, 0.1) is 0 Å². The highest BCUT2D eigenvalue weighted by atomic mass is 16.6. The predicted octanol–water partition coefficient (Wildman–Crippen LogP) is 18.5. The van der Waals surface area contributed by atoms with Crippen LogP contribution in [0.2, 0.25) is 0 Å². The lowest BCUT2D eigenvalue weighted by atomic mass is 10.0. The summed E-state index contributed by atoms with van der Waals surface area (Å²) in [5.41, 5.74) is 0. The number of carbonyl (C=O) groups excluding carboxylic acids is 3. The number of hydrogen-bond acceptors (Lipinski definition) is 6. The zero-order valence-electron chi connectivity index (χ0n) is 43.8. The van der Waals surface area contributed by atoms with E-state index in [1.54, 1.807) is 0 Å². The van der Waals surface area contributed by atoms with Gasteiger partial charge in [-0.1, -0.05) is 258 Å². The van der Waals surface area contributed by atoms with E-state index in [9.17, 15) is 14.4 Å². The van der Waals surface area contributed by atoms with Gasteiger partial charge in [-0.25, -0.2) is 0 Å². The molecule has 0 N–H and O–H groups in total. The molecule has 0 aromatic carbocycles. The van der Waals surface area contributed by atoms with Crippen LogP contribution in [-0.2, 0) is 28.6 Å². The standard InChI is InChI=1S/C62H100O6/c1-4-7-10-13-16-19-22-25-28-31-34-37-40-43-46-49-52-55-61(64)67-58-59(57-66-60(63)54-51-48-45-42-39-36-33-30-27-24-21-18-15-12-9-6-3)68-62(65)56-53-50-47-44-41-38-35-32-29-26-23-20-17-14-11-8-5-2/h7,10,13,16-17,19-20,22,25-26,28-29,31,34-35,37-38,40,44,47,59H,4-6,8-9,11-12,14-15,18,21,23-24,27,30,32-33,36,39,41-43,45-46,48-58H2,1-3H3/b10-7-,16-13-,20-17-,22-19-,28-25-,29-26-,34-31+,38-35-,40-37-,47-44-. The van der Waals surface area contributed by atoms with Crippen LogP contribution in [0.3, 0.4) is 0 Å². The van der Waals surface area contributed by atoms with Crippen molar-refractivity contribution in [3.8, 4) is 0 Å². The smallest absolute Gasteiger partial charge is 0.306 e. The summed E-state index contributed by atoms with van der Waals surface area (Å²) in [6, 6.07) is 0. The Labute approximate surface area is 418 Å². The summed E-state index contributed by atoms with van der Waals surface area (Å²) in [6.07, 6.45) is 76.1. The Bertz CT molecular complexity index is 1450. The first-order valence-electron chi connectivity index (χ1n) is 27.6. The van der Waals surface area contributed by atoms with E-state index in [1.807, 2.05) is 60.8 Å². The molecule has 0 aromatic rings. The third kappa shape index (κ3) is 52.8. The van der Waals surface area contributed by atoms with E-state index in [-0.39, 0.29) is 37.5 Å². The third-order valence-corrected chi connectivity index (χ3v) is 11.4. The van der Waals surface area contributed by atoms with Gasteiger partial charge in [0.05, 0.1) is 0 Å². The molecular formula is C62H100O6. The molecule has 0 aliphatic carbocycles. The van der Waals surface area contributed by atoms with Crippen molar-refractivity contribution in [1.29, 1.82) is 0 Å². The van der Waals surface area contributed by atoms with Gasteiger partial charge in [0.15, 0.2) is 6.10 Å². The Morgan fingerprint density at radius 1 is 0.324 bits per heavy atom. The molecule has 6 nitrogen and oxygen atoms in total. The van der Waals surface area contributed by atoms with Crippen LogP contribution in [0.5, 0.6) is 0 Å². The SMILES string of the molecule is CC\C=C/C=C\C=C/C=C\C=C\C=C/CCCCCC(=O)OCC(COC(=O)CCCCCCCCCCCCCCCCCC)OC(=O)CCC/C=C\C/C=C\C/C=C\C/C=C\CCCCC. The van der Waals surface area contributed by atoms with Crippen molar-refractivity contribution >= 4 is 17.9 Å². The summed E-state index contributed by atoms with van der Waals surface area (Å²) in [4.78, 5) is 38.1. The summed E-state index contributed by atoms with van der Waals surface area (Å²) >= 11 is 0. The molecule has 0 fully saturated rings. The molecule has 0 saturated heterocycles. The van der Waals surface area contributed by atoms with Crippen LogP contribution in [0.15, 0.2) is 122 Å². The highest BCUT2D eigenvalue weighted by Gasteiger charge is 2.19. The van der Waals surface area contributed by atoms with Crippen molar-refractivity contribution in [2.24, 2.45) is 0 Å². The van der Waals surface area contributed by atoms with Gasteiger partial charge in [0.2, 0.25) is 0 Å². The average molecular weight is 941 g/mol. The van der Waals surface area contributed by atoms with Crippen molar-refractivity contribution < 1.29 is 28.6 Å².